The number of allylic oxidation sites excluding steroid dienone is 3. The molecule has 1 aliphatic carbocycles. The zero-order valence-corrected chi connectivity index (χ0v) is 23.9. The first-order chi connectivity index (χ1) is 20.0. The first-order valence-electron chi connectivity index (χ1n) is 13.2. The minimum atomic E-state index is -0.705. The fourth-order valence-electron chi connectivity index (χ4n) is 4.50. The van der Waals surface area contributed by atoms with E-state index in [0.717, 1.165) is 12.2 Å². The van der Waals surface area contributed by atoms with Gasteiger partial charge in [-0.2, -0.15) is 0 Å². The number of H-pyrrole nitrogens is 1. The molecule has 2 heterocycles. The molecule has 0 radical (unpaired) electrons. The Morgan fingerprint density at radius 2 is 1.40 bits per heavy atom. The molecule has 0 spiro atoms. The third-order valence-electron chi connectivity index (χ3n) is 6.56. The summed E-state index contributed by atoms with van der Waals surface area (Å²) < 4.78 is 20.1. The second-order valence-corrected chi connectivity index (χ2v) is 9.04. The molecule has 0 bridgehead atoms. The highest BCUT2D eigenvalue weighted by molar-refractivity contribution is 6.40. The van der Waals surface area contributed by atoms with Crippen LogP contribution in [0, 0.1) is 6.92 Å². The smallest absolute Gasteiger partial charge is 0.340 e. The van der Waals surface area contributed by atoms with E-state index in [0.29, 0.717) is 35.4 Å². The predicted molar refractivity (Wildman–Crippen MR) is 150 cm³/mol. The van der Waals surface area contributed by atoms with Crippen LogP contribution < -0.4 is 0 Å². The fraction of sp³-hybridized carbons (Fsp3) is 0.333. The third-order valence-corrected chi connectivity index (χ3v) is 6.56. The number of carbonyl (C=O) groups excluding carboxylic acids is 5. The van der Waals surface area contributed by atoms with Gasteiger partial charge in [0.15, 0.2) is 0 Å². The van der Waals surface area contributed by atoms with Crippen molar-refractivity contribution in [3.63, 3.8) is 0 Å². The average molecular weight is 581 g/mol. The van der Waals surface area contributed by atoms with Gasteiger partial charge in [0.2, 0.25) is 5.78 Å². The number of nitrogens with one attached hydrogen (secondary N) is 1. The number of aliphatic imine (C=N–C) groups is 1. The summed E-state index contributed by atoms with van der Waals surface area (Å²) in [5.41, 5.74) is 2.34. The number of aliphatic hydroxyl groups excluding tert-OH is 1. The van der Waals surface area contributed by atoms with Gasteiger partial charge in [-0.25, -0.2) is 19.2 Å². The van der Waals surface area contributed by atoms with Crippen molar-refractivity contribution in [1.29, 1.82) is 0 Å². The Labute approximate surface area is 242 Å². The molecule has 0 atom stereocenters. The van der Waals surface area contributed by atoms with E-state index in [9.17, 15) is 29.1 Å². The van der Waals surface area contributed by atoms with Crippen molar-refractivity contribution in [2.75, 3.05) is 26.4 Å². The van der Waals surface area contributed by atoms with Crippen LogP contribution in [0.15, 0.2) is 58.5 Å². The second-order valence-electron chi connectivity index (χ2n) is 9.04. The Kier molecular flexibility index (Phi) is 10.2. The summed E-state index contributed by atoms with van der Waals surface area (Å²) in [6, 6.07) is 0. The van der Waals surface area contributed by atoms with E-state index in [1.54, 1.807) is 27.7 Å². The quantitative estimate of drug-likeness (QED) is 0.153. The van der Waals surface area contributed by atoms with E-state index in [1.165, 1.54) is 0 Å². The van der Waals surface area contributed by atoms with Gasteiger partial charge in [-0.1, -0.05) is 27.0 Å². The second kappa shape index (κ2) is 13.6. The number of aromatic amines is 1. The minimum absolute atomic E-state index is 0.0234. The topological polar surface area (TPSA) is 171 Å². The number of aryl methyl sites for hydroxylation is 1. The molecular weight excluding hydrogens is 548 g/mol. The normalized spacial score (nSPS) is 16.1. The van der Waals surface area contributed by atoms with Crippen molar-refractivity contribution in [1.82, 2.24) is 4.98 Å². The summed E-state index contributed by atoms with van der Waals surface area (Å²) in [6.07, 6.45) is 2.74. The number of carbonyl (C=O) groups is 5. The van der Waals surface area contributed by atoms with Gasteiger partial charge in [0.1, 0.15) is 32.2 Å². The molecule has 1 aliphatic heterocycles. The lowest BCUT2D eigenvalue weighted by Crippen LogP contribution is -2.24. The highest BCUT2D eigenvalue weighted by Crippen LogP contribution is 2.43. The number of ether oxygens (including phenoxy) is 4. The van der Waals surface area contributed by atoms with E-state index in [-0.39, 0.29) is 65.9 Å². The van der Waals surface area contributed by atoms with E-state index in [1.807, 2.05) is 0 Å². The SMILES string of the molecule is C=CC(=O)OCCOC(=O)C1=C(C)/C(=C2/C(=O)C(c3[nH]c(CC)c(C(=O)OCCOC(=O)C=C)c3C)=C2O)N=C1CC. The van der Waals surface area contributed by atoms with Crippen LogP contribution in [-0.4, -0.2) is 71.9 Å². The molecule has 1 aromatic heterocycles. The van der Waals surface area contributed by atoms with Crippen LogP contribution in [0.5, 0.6) is 0 Å². The van der Waals surface area contributed by atoms with Crippen LogP contribution in [0.25, 0.3) is 5.57 Å². The van der Waals surface area contributed by atoms with Crippen molar-refractivity contribution in [2.45, 2.75) is 40.5 Å². The predicted octanol–water partition coefficient (Wildman–Crippen LogP) is 3.33. The highest BCUT2D eigenvalue weighted by atomic mass is 16.6. The molecule has 222 valence electrons. The molecule has 0 amide bonds. The fourth-order valence-corrected chi connectivity index (χ4v) is 4.50. The summed E-state index contributed by atoms with van der Waals surface area (Å²) in [6.45, 7) is 12.7. The van der Waals surface area contributed by atoms with Crippen molar-refractivity contribution in [3.8, 4) is 0 Å². The lowest BCUT2D eigenvalue weighted by atomic mass is 9.82. The minimum Gasteiger partial charge on any atom is -0.506 e. The first-order valence-corrected chi connectivity index (χ1v) is 13.2. The number of Topliss-reactive ketones (excluding diaryl/α,β-unsaturated/α-hetero) is 1. The number of nitrogens with zero attached hydrogens (tertiary/aromatic N) is 1. The number of hydrogen-bond acceptors (Lipinski definition) is 11. The van der Waals surface area contributed by atoms with Crippen molar-refractivity contribution < 1.29 is 48.0 Å². The monoisotopic (exact) mass is 580 g/mol. The highest BCUT2D eigenvalue weighted by Gasteiger charge is 2.42. The maximum Gasteiger partial charge on any atom is 0.340 e. The van der Waals surface area contributed by atoms with E-state index < -0.39 is 29.7 Å². The van der Waals surface area contributed by atoms with Gasteiger partial charge in [-0.15, -0.1) is 0 Å². The standard InChI is InChI=1S/C30H32N2O10/c1-7-17-21(29(37)41-13-11-39-19(33)9-3)15(5)25(31-17)23-27(35)24(28(23)36)26-16(6)22(18(8-2)32-26)30(38)42-14-12-40-20(34)10-4/h9-10,31,35H,3-4,7-8,11-14H2,1-2,5-6H3/b26-24-. The Morgan fingerprint density at radius 1 is 0.857 bits per heavy atom. The number of rotatable bonds is 13. The van der Waals surface area contributed by atoms with Gasteiger partial charge in [-0.05, 0) is 37.8 Å². The largest absolute Gasteiger partial charge is 0.506 e. The molecular formula is C30H32N2O10. The van der Waals surface area contributed by atoms with E-state index >= 15 is 0 Å². The zero-order valence-electron chi connectivity index (χ0n) is 23.9. The average Bonchev–Trinajstić information content (AvgIpc) is 3.48. The Balaban J connectivity index is 1.88. The van der Waals surface area contributed by atoms with Gasteiger partial charge in [0, 0.05) is 17.8 Å². The third kappa shape index (κ3) is 6.17. The Morgan fingerprint density at radius 3 is 1.90 bits per heavy atom. The zero-order chi connectivity index (χ0) is 31.1. The summed E-state index contributed by atoms with van der Waals surface area (Å²) in [7, 11) is 0. The lowest BCUT2D eigenvalue weighted by Gasteiger charge is -2.22. The molecule has 0 aromatic carbocycles. The Hall–Kier alpha value is -5.00. The molecule has 12 nitrogen and oxygen atoms in total. The number of hydrogen-bond donors (Lipinski definition) is 2. The van der Waals surface area contributed by atoms with Crippen LogP contribution in [0.4, 0.5) is 0 Å². The molecule has 12 heteroatoms. The van der Waals surface area contributed by atoms with Crippen molar-refractivity contribution in [3.05, 3.63) is 76.0 Å². The number of ketones is 1. The summed E-state index contributed by atoms with van der Waals surface area (Å²) in [5, 5.41) is 11.0. The van der Waals surface area contributed by atoms with E-state index in [2.05, 4.69) is 23.1 Å². The van der Waals surface area contributed by atoms with Crippen LogP contribution >= 0.6 is 0 Å². The van der Waals surface area contributed by atoms with Gasteiger partial charge in [0.05, 0.1) is 39.4 Å². The molecule has 0 saturated carbocycles. The summed E-state index contributed by atoms with van der Waals surface area (Å²) >= 11 is 0. The Bertz CT molecular complexity index is 1500. The maximum atomic E-state index is 13.4. The number of esters is 4. The molecule has 0 fully saturated rings. The molecule has 2 aliphatic rings. The van der Waals surface area contributed by atoms with Gasteiger partial charge in [0.25, 0.3) is 0 Å². The summed E-state index contributed by atoms with van der Waals surface area (Å²) in [5.74, 6) is -3.52. The van der Waals surface area contributed by atoms with Gasteiger partial charge < -0.3 is 29.0 Å². The molecule has 42 heavy (non-hydrogen) atoms. The molecule has 1 aromatic rings. The molecule has 0 saturated heterocycles. The first kappa shape index (κ1) is 31.5. The van der Waals surface area contributed by atoms with Crippen LogP contribution in [0.3, 0.4) is 0 Å². The molecule has 2 N–H and O–H groups in total. The van der Waals surface area contributed by atoms with Gasteiger partial charge >= 0.3 is 23.9 Å². The van der Waals surface area contributed by atoms with Crippen LogP contribution in [0.2, 0.25) is 0 Å². The summed E-state index contributed by atoms with van der Waals surface area (Å²) in [4.78, 5) is 68.8. The van der Waals surface area contributed by atoms with Crippen LogP contribution in [-0.2, 0) is 44.5 Å². The van der Waals surface area contributed by atoms with Crippen molar-refractivity contribution in [2.24, 2.45) is 4.99 Å². The van der Waals surface area contributed by atoms with Gasteiger partial charge in [-0.3, -0.25) is 9.79 Å². The van der Waals surface area contributed by atoms with Crippen LogP contribution in [0.1, 0.15) is 54.5 Å². The molecule has 0 unspecified atom stereocenters. The van der Waals surface area contributed by atoms with Crippen molar-refractivity contribution >= 4 is 40.9 Å². The maximum absolute atomic E-state index is 13.4. The lowest BCUT2D eigenvalue weighted by molar-refractivity contribution is -0.146. The molecule has 3 rings (SSSR count). The number of aliphatic hydroxyl groups is 1. The number of aromatic nitrogens is 1. The van der Waals surface area contributed by atoms with E-state index in [4.69, 9.17) is 18.9 Å².